The fourth-order valence-corrected chi connectivity index (χ4v) is 5.45. The van der Waals surface area contributed by atoms with Crippen LogP contribution in [0.1, 0.15) is 32.1 Å². The van der Waals surface area contributed by atoms with Gasteiger partial charge in [0.25, 0.3) is 10.2 Å². The normalized spacial score (nSPS) is 34.4. The van der Waals surface area contributed by atoms with E-state index in [1.54, 1.807) is 8.61 Å². The lowest BCUT2D eigenvalue weighted by Gasteiger charge is -2.41. The van der Waals surface area contributed by atoms with Crippen molar-refractivity contribution in [2.75, 3.05) is 39.4 Å². The minimum atomic E-state index is -3.33. The summed E-state index contributed by atoms with van der Waals surface area (Å²) in [6.45, 7) is 3.70. The molecule has 20 heavy (non-hydrogen) atoms. The van der Waals surface area contributed by atoms with E-state index in [2.05, 4.69) is 5.32 Å². The highest BCUT2D eigenvalue weighted by Gasteiger charge is 2.40. The highest BCUT2D eigenvalue weighted by Crippen LogP contribution is 2.28. The molecular weight excluding hydrogens is 278 g/mol. The van der Waals surface area contributed by atoms with E-state index in [0.717, 1.165) is 38.6 Å². The predicted octanol–water partition coefficient (Wildman–Crippen LogP) is 0.170. The van der Waals surface area contributed by atoms with E-state index in [1.807, 2.05) is 0 Å². The molecule has 0 radical (unpaired) electrons. The summed E-state index contributed by atoms with van der Waals surface area (Å²) in [6.07, 6.45) is 5.36. The van der Waals surface area contributed by atoms with Gasteiger partial charge in [0.15, 0.2) is 0 Å². The van der Waals surface area contributed by atoms with Crippen LogP contribution >= 0.6 is 0 Å². The monoisotopic (exact) mass is 303 g/mol. The molecule has 0 amide bonds. The molecule has 0 aromatic carbocycles. The number of hydrogen-bond acceptors (Lipinski definition) is 4. The Morgan fingerprint density at radius 1 is 1.00 bits per heavy atom. The lowest BCUT2D eigenvalue weighted by Crippen LogP contribution is -2.57. The smallest absolute Gasteiger partial charge is 0.282 e. The van der Waals surface area contributed by atoms with Crippen LogP contribution in [-0.4, -0.2) is 68.5 Å². The molecule has 3 saturated heterocycles. The van der Waals surface area contributed by atoms with Crippen molar-refractivity contribution >= 4 is 10.2 Å². The predicted molar refractivity (Wildman–Crippen MR) is 76.7 cm³/mol. The van der Waals surface area contributed by atoms with Crippen LogP contribution in [0.15, 0.2) is 0 Å². The Labute approximate surface area is 121 Å². The van der Waals surface area contributed by atoms with Crippen molar-refractivity contribution in [2.24, 2.45) is 0 Å². The third-order valence-corrected chi connectivity index (χ3v) is 6.72. The van der Waals surface area contributed by atoms with Gasteiger partial charge < -0.3 is 10.1 Å². The van der Waals surface area contributed by atoms with Crippen LogP contribution < -0.4 is 5.32 Å². The number of nitrogens with zero attached hydrogens (tertiary/aromatic N) is 2. The molecule has 2 unspecified atom stereocenters. The second kappa shape index (κ2) is 6.27. The van der Waals surface area contributed by atoms with Gasteiger partial charge in [0.05, 0.1) is 13.2 Å². The highest BCUT2D eigenvalue weighted by molar-refractivity contribution is 7.86. The highest BCUT2D eigenvalue weighted by atomic mass is 32.2. The van der Waals surface area contributed by atoms with Gasteiger partial charge in [0, 0.05) is 31.7 Å². The van der Waals surface area contributed by atoms with Crippen LogP contribution in [-0.2, 0) is 14.9 Å². The van der Waals surface area contributed by atoms with Crippen LogP contribution in [0.2, 0.25) is 0 Å². The molecule has 0 aromatic rings. The number of nitrogens with one attached hydrogen (secondary N) is 1. The van der Waals surface area contributed by atoms with E-state index in [4.69, 9.17) is 4.74 Å². The number of ether oxygens (including phenoxy) is 1. The number of hydrogen-bond donors (Lipinski definition) is 1. The third-order valence-electron chi connectivity index (χ3n) is 4.65. The van der Waals surface area contributed by atoms with Gasteiger partial charge in [0.1, 0.15) is 0 Å². The summed E-state index contributed by atoms with van der Waals surface area (Å²) in [4.78, 5) is 0. The van der Waals surface area contributed by atoms with Crippen molar-refractivity contribution in [3.8, 4) is 0 Å². The largest absolute Gasteiger partial charge is 0.379 e. The quantitative estimate of drug-likeness (QED) is 0.807. The fourth-order valence-electron chi connectivity index (χ4n) is 3.58. The first-order valence-corrected chi connectivity index (χ1v) is 9.17. The molecule has 3 aliphatic heterocycles. The Hall–Kier alpha value is -0.210. The molecule has 116 valence electrons. The molecule has 0 aliphatic carbocycles. The Balaban J connectivity index is 1.77. The van der Waals surface area contributed by atoms with E-state index in [-0.39, 0.29) is 6.04 Å². The lowest BCUT2D eigenvalue weighted by atomic mass is 9.97. The summed E-state index contributed by atoms with van der Waals surface area (Å²) < 4.78 is 34.4. The van der Waals surface area contributed by atoms with E-state index in [0.29, 0.717) is 38.9 Å². The van der Waals surface area contributed by atoms with Crippen molar-refractivity contribution in [1.29, 1.82) is 0 Å². The zero-order valence-corrected chi connectivity index (χ0v) is 12.8. The van der Waals surface area contributed by atoms with Crippen molar-refractivity contribution in [3.63, 3.8) is 0 Å². The van der Waals surface area contributed by atoms with Gasteiger partial charge in [-0.25, -0.2) is 0 Å². The zero-order chi connectivity index (χ0) is 14.0. The molecule has 3 rings (SSSR count). The van der Waals surface area contributed by atoms with Gasteiger partial charge in [0.2, 0.25) is 0 Å². The Kier molecular flexibility index (Phi) is 4.62. The molecule has 2 atom stereocenters. The summed E-state index contributed by atoms with van der Waals surface area (Å²) in [6, 6.07) is 0.477. The van der Waals surface area contributed by atoms with E-state index >= 15 is 0 Å². The van der Waals surface area contributed by atoms with Crippen LogP contribution in [0.25, 0.3) is 0 Å². The molecule has 7 heteroatoms. The van der Waals surface area contributed by atoms with Gasteiger partial charge in [-0.2, -0.15) is 17.0 Å². The first-order valence-electron chi connectivity index (χ1n) is 7.77. The molecule has 3 fully saturated rings. The Morgan fingerprint density at radius 3 is 2.50 bits per heavy atom. The van der Waals surface area contributed by atoms with Crippen molar-refractivity contribution < 1.29 is 13.2 Å². The molecule has 1 N–H and O–H groups in total. The van der Waals surface area contributed by atoms with E-state index in [1.165, 1.54) is 0 Å². The molecule has 0 spiro atoms. The van der Waals surface area contributed by atoms with Crippen molar-refractivity contribution in [3.05, 3.63) is 0 Å². The molecule has 6 nitrogen and oxygen atoms in total. The standard InChI is InChI=1S/C13H25N3O3S/c17-20(18,15-8-10-19-11-9-15)16-7-2-1-5-13(16)12-4-3-6-14-12/h12-14H,1-11H2. The summed E-state index contributed by atoms with van der Waals surface area (Å²) in [5.41, 5.74) is 0. The molecule has 0 aromatic heterocycles. The molecule has 0 bridgehead atoms. The van der Waals surface area contributed by atoms with E-state index in [9.17, 15) is 8.42 Å². The number of piperidine rings is 1. The van der Waals surface area contributed by atoms with Gasteiger partial charge in [-0.3, -0.25) is 0 Å². The zero-order valence-electron chi connectivity index (χ0n) is 12.0. The van der Waals surface area contributed by atoms with Crippen LogP contribution in [0.3, 0.4) is 0 Å². The third kappa shape index (κ3) is 2.87. The van der Waals surface area contributed by atoms with Crippen LogP contribution in [0.4, 0.5) is 0 Å². The maximum Gasteiger partial charge on any atom is 0.282 e. The SMILES string of the molecule is O=S(=O)(N1CCOCC1)N1CCCCC1C1CCCN1. The van der Waals surface area contributed by atoms with Crippen molar-refractivity contribution in [1.82, 2.24) is 13.9 Å². The summed E-state index contributed by atoms with van der Waals surface area (Å²) in [7, 11) is -3.33. The maximum atomic E-state index is 12.9. The van der Waals surface area contributed by atoms with Gasteiger partial charge in [-0.15, -0.1) is 0 Å². The molecule has 0 saturated carbocycles. The first-order chi connectivity index (χ1) is 9.69. The van der Waals surface area contributed by atoms with Gasteiger partial charge >= 0.3 is 0 Å². The maximum absolute atomic E-state index is 12.9. The minimum Gasteiger partial charge on any atom is -0.379 e. The second-order valence-electron chi connectivity index (χ2n) is 5.90. The van der Waals surface area contributed by atoms with Crippen molar-refractivity contribution in [2.45, 2.75) is 44.2 Å². The van der Waals surface area contributed by atoms with Crippen LogP contribution in [0, 0.1) is 0 Å². The topological polar surface area (TPSA) is 61.9 Å². The average Bonchev–Trinajstić information content (AvgIpc) is 3.02. The Morgan fingerprint density at radius 2 is 1.80 bits per heavy atom. The summed E-state index contributed by atoms with van der Waals surface area (Å²) >= 11 is 0. The molecular formula is C13H25N3O3S. The summed E-state index contributed by atoms with van der Waals surface area (Å²) in [5.74, 6) is 0. The first kappa shape index (κ1) is 14.7. The second-order valence-corrected chi connectivity index (χ2v) is 7.78. The average molecular weight is 303 g/mol. The minimum absolute atomic E-state index is 0.138. The van der Waals surface area contributed by atoms with Crippen LogP contribution in [0.5, 0.6) is 0 Å². The number of rotatable bonds is 3. The van der Waals surface area contributed by atoms with Gasteiger partial charge in [-0.1, -0.05) is 6.42 Å². The molecule has 3 heterocycles. The van der Waals surface area contributed by atoms with Gasteiger partial charge in [-0.05, 0) is 32.2 Å². The lowest BCUT2D eigenvalue weighted by molar-refractivity contribution is 0.0674. The fraction of sp³-hybridized carbons (Fsp3) is 1.00. The molecule has 3 aliphatic rings. The summed E-state index contributed by atoms with van der Waals surface area (Å²) in [5, 5.41) is 3.48. The van der Waals surface area contributed by atoms with E-state index < -0.39 is 10.2 Å². The Bertz CT molecular complexity index is 417. The number of morpholine rings is 1.